The van der Waals surface area contributed by atoms with Gasteiger partial charge in [0.15, 0.2) is 0 Å². The number of non-ortho nitro benzene ring substituents is 1. The van der Waals surface area contributed by atoms with E-state index in [1.165, 1.54) is 25.7 Å². The first kappa shape index (κ1) is 14.5. The van der Waals surface area contributed by atoms with Crippen LogP contribution in [-0.2, 0) is 0 Å². The van der Waals surface area contributed by atoms with Crippen LogP contribution in [-0.4, -0.2) is 29.0 Å². The fraction of sp³-hybridized carbons (Fsp3) is 0.625. The van der Waals surface area contributed by atoms with Crippen LogP contribution in [0.4, 0.5) is 5.69 Å². The largest absolute Gasteiger partial charge is 0.330 e. The molecule has 2 atom stereocenters. The fourth-order valence-electron chi connectivity index (χ4n) is 3.62. The second-order valence-corrected chi connectivity index (χ2v) is 6.26. The third-order valence-corrected chi connectivity index (χ3v) is 4.79. The predicted octanol–water partition coefficient (Wildman–Crippen LogP) is 2.86. The molecule has 1 aliphatic heterocycles. The van der Waals surface area contributed by atoms with Crippen molar-refractivity contribution in [1.82, 2.24) is 4.90 Å². The molecule has 1 saturated heterocycles. The van der Waals surface area contributed by atoms with Gasteiger partial charge in [-0.25, -0.2) is 0 Å². The number of rotatable bonds is 4. The molecular formula is C16H23N3O2. The molecule has 2 fully saturated rings. The molecule has 1 aliphatic carbocycles. The fourth-order valence-corrected chi connectivity index (χ4v) is 3.62. The SMILES string of the molecule is NCC1CCCCN(C2CC2)C1c1cccc([N+](=O)[O-])c1. The molecule has 0 amide bonds. The number of nitrogens with two attached hydrogens (primary N) is 1. The van der Waals surface area contributed by atoms with Gasteiger partial charge in [0.05, 0.1) is 4.92 Å². The summed E-state index contributed by atoms with van der Waals surface area (Å²) >= 11 is 0. The smallest absolute Gasteiger partial charge is 0.269 e. The minimum Gasteiger partial charge on any atom is -0.330 e. The van der Waals surface area contributed by atoms with Crippen molar-refractivity contribution in [2.45, 2.75) is 44.2 Å². The first-order chi connectivity index (χ1) is 10.2. The van der Waals surface area contributed by atoms with E-state index in [0.29, 0.717) is 18.5 Å². The van der Waals surface area contributed by atoms with Gasteiger partial charge in [0.25, 0.3) is 5.69 Å². The summed E-state index contributed by atoms with van der Waals surface area (Å²) in [5, 5.41) is 11.0. The third kappa shape index (κ3) is 3.09. The summed E-state index contributed by atoms with van der Waals surface area (Å²) in [6.45, 7) is 1.74. The highest BCUT2D eigenvalue weighted by molar-refractivity contribution is 5.36. The van der Waals surface area contributed by atoms with Gasteiger partial charge in [-0.2, -0.15) is 0 Å². The summed E-state index contributed by atoms with van der Waals surface area (Å²) in [6.07, 6.45) is 6.04. The Kier molecular flexibility index (Phi) is 4.22. The quantitative estimate of drug-likeness (QED) is 0.683. The Morgan fingerprint density at radius 1 is 1.29 bits per heavy atom. The second-order valence-electron chi connectivity index (χ2n) is 6.26. The van der Waals surface area contributed by atoms with Gasteiger partial charge in [-0.1, -0.05) is 18.6 Å². The average molecular weight is 289 g/mol. The maximum atomic E-state index is 11.0. The lowest BCUT2D eigenvalue weighted by atomic mass is 9.89. The third-order valence-electron chi connectivity index (χ3n) is 4.79. The van der Waals surface area contributed by atoms with Crippen LogP contribution in [0.2, 0.25) is 0 Å². The number of nitro benzene ring substituents is 1. The number of likely N-dealkylation sites (tertiary alicyclic amines) is 1. The number of hydrogen-bond donors (Lipinski definition) is 1. The molecule has 2 unspecified atom stereocenters. The number of benzene rings is 1. The Balaban J connectivity index is 1.96. The van der Waals surface area contributed by atoms with E-state index in [1.54, 1.807) is 18.2 Å². The van der Waals surface area contributed by atoms with E-state index in [1.807, 2.05) is 6.07 Å². The van der Waals surface area contributed by atoms with Gasteiger partial charge in [0, 0.05) is 24.2 Å². The predicted molar refractivity (Wildman–Crippen MR) is 82.0 cm³/mol. The van der Waals surface area contributed by atoms with E-state index in [0.717, 1.165) is 18.5 Å². The van der Waals surface area contributed by atoms with Crippen LogP contribution in [0.3, 0.4) is 0 Å². The minimum absolute atomic E-state index is 0.184. The molecule has 5 heteroatoms. The van der Waals surface area contributed by atoms with Crippen molar-refractivity contribution in [3.8, 4) is 0 Å². The molecule has 1 heterocycles. The van der Waals surface area contributed by atoms with Gasteiger partial charge in [0.2, 0.25) is 0 Å². The van der Waals surface area contributed by atoms with Crippen molar-refractivity contribution < 1.29 is 4.92 Å². The molecule has 1 aromatic carbocycles. The second kappa shape index (κ2) is 6.12. The van der Waals surface area contributed by atoms with Crippen LogP contribution in [0, 0.1) is 16.0 Å². The van der Waals surface area contributed by atoms with E-state index >= 15 is 0 Å². The van der Waals surface area contributed by atoms with E-state index in [2.05, 4.69) is 4.90 Å². The molecule has 2 N–H and O–H groups in total. The molecular weight excluding hydrogens is 266 g/mol. The van der Waals surface area contributed by atoms with Gasteiger partial charge < -0.3 is 5.73 Å². The Morgan fingerprint density at radius 3 is 2.76 bits per heavy atom. The Labute approximate surface area is 125 Å². The maximum absolute atomic E-state index is 11.0. The summed E-state index contributed by atoms with van der Waals surface area (Å²) in [5.74, 6) is 0.398. The molecule has 0 spiro atoms. The monoisotopic (exact) mass is 289 g/mol. The highest BCUT2D eigenvalue weighted by Crippen LogP contribution is 2.42. The normalized spacial score (nSPS) is 27.3. The highest BCUT2D eigenvalue weighted by atomic mass is 16.6. The molecule has 114 valence electrons. The molecule has 3 rings (SSSR count). The van der Waals surface area contributed by atoms with Crippen molar-refractivity contribution in [1.29, 1.82) is 0 Å². The number of nitrogens with zero attached hydrogens (tertiary/aromatic N) is 2. The lowest BCUT2D eigenvalue weighted by Gasteiger charge is -2.35. The van der Waals surface area contributed by atoms with Crippen LogP contribution in [0.5, 0.6) is 0 Å². The maximum Gasteiger partial charge on any atom is 0.269 e. The Morgan fingerprint density at radius 2 is 2.10 bits per heavy atom. The lowest BCUT2D eigenvalue weighted by Crippen LogP contribution is -2.37. The molecule has 1 aromatic rings. The van der Waals surface area contributed by atoms with Gasteiger partial charge >= 0.3 is 0 Å². The zero-order valence-electron chi connectivity index (χ0n) is 12.3. The topological polar surface area (TPSA) is 72.4 Å². The average Bonchev–Trinajstić information content (AvgIpc) is 3.32. The first-order valence-electron chi connectivity index (χ1n) is 7.91. The summed E-state index contributed by atoms with van der Waals surface area (Å²) in [7, 11) is 0. The lowest BCUT2D eigenvalue weighted by molar-refractivity contribution is -0.385. The summed E-state index contributed by atoms with van der Waals surface area (Å²) in [6, 6.07) is 8.04. The van der Waals surface area contributed by atoms with Crippen molar-refractivity contribution >= 4 is 5.69 Å². The van der Waals surface area contributed by atoms with Gasteiger partial charge in [0.1, 0.15) is 0 Å². The summed E-state index contributed by atoms with van der Waals surface area (Å²) < 4.78 is 0. The highest BCUT2D eigenvalue weighted by Gasteiger charge is 2.39. The van der Waals surface area contributed by atoms with Crippen molar-refractivity contribution in [2.24, 2.45) is 11.7 Å². The van der Waals surface area contributed by atoms with E-state index in [-0.39, 0.29) is 16.7 Å². The molecule has 21 heavy (non-hydrogen) atoms. The standard InChI is InChI=1S/C16H23N3O2/c17-11-13-4-1-2-9-18(14-7-8-14)16(13)12-5-3-6-15(10-12)19(20)21/h3,5-6,10,13-14,16H,1-2,4,7-9,11,17H2. The minimum atomic E-state index is -0.306. The summed E-state index contributed by atoms with van der Waals surface area (Å²) in [5.41, 5.74) is 7.27. The Hall–Kier alpha value is -1.46. The van der Waals surface area contributed by atoms with Crippen LogP contribution in [0.1, 0.15) is 43.7 Å². The molecule has 1 saturated carbocycles. The van der Waals surface area contributed by atoms with Gasteiger partial charge in [-0.15, -0.1) is 0 Å². The zero-order chi connectivity index (χ0) is 14.8. The van der Waals surface area contributed by atoms with Crippen molar-refractivity contribution in [3.63, 3.8) is 0 Å². The molecule has 2 aliphatic rings. The van der Waals surface area contributed by atoms with E-state index in [9.17, 15) is 10.1 Å². The van der Waals surface area contributed by atoms with E-state index < -0.39 is 0 Å². The first-order valence-corrected chi connectivity index (χ1v) is 7.91. The number of hydrogen-bond acceptors (Lipinski definition) is 4. The van der Waals surface area contributed by atoms with Gasteiger partial charge in [-0.05, 0) is 50.3 Å². The summed E-state index contributed by atoms with van der Waals surface area (Å²) in [4.78, 5) is 13.3. The van der Waals surface area contributed by atoms with Gasteiger partial charge in [-0.3, -0.25) is 15.0 Å². The van der Waals surface area contributed by atoms with Crippen molar-refractivity contribution in [2.75, 3.05) is 13.1 Å². The van der Waals surface area contributed by atoms with Crippen molar-refractivity contribution in [3.05, 3.63) is 39.9 Å². The molecule has 0 aromatic heterocycles. The van der Waals surface area contributed by atoms with Crippen LogP contribution >= 0.6 is 0 Å². The zero-order valence-corrected chi connectivity index (χ0v) is 12.3. The Bertz CT molecular complexity index is 516. The number of nitro groups is 1. The van der Waals surface area contributed by atoms with Crippen LogP contribution in [0.15, 0.2) is 24.3 Å². The van der Waals surface area contributed by atoms with Crippen LogP contribution < -0.4 is 5.73 Å². The molecule has 0 radical (unpaired) electrons. The van der Waals surface area contributed by atoms with E-state index in [4.69, 9.17) is 5.73 Å². The molecule has 5 nitrogen and oxygen atoms in total. The molecule has 0 bridgehead atoms. The van der Waals surface area contributed by atoms with Crippen LogP contribution in [0.25, 0.3) is 0 Å².